The first-order chi connectivity index (χ1) is 10.5. The molecule has 8 heteroatoms. The van der Waals surface area contributed by atoms with E-state index in [9.17, 15) is 8.42 Å². The molecule has 0 atom stereocenters. The van der Waals surface area contributed by atoms with E-state index in [1.54, 1.807) is 15.6 Å². The van der Waals surface area contributed by atoms with Crippen molar-refractivity contribution in [2.45, 2.75) is 18.1 Å². The average molecular weight is 358 g/mol. The van der Waals surface area contributed by atoms with Crippen LogP contribution in [-0.4, -0.2) is 49.1 Å². The Morgan fingerprint density at radius 3 is 2.59 bits per heavy atom. The molecule has 0 bridgehead atoms. The quantitative estimate of drug-likeness (QED) is 0.847. The second-order valence-electron chi connectivity index (χ2n) is 5.74. The van der Waals surface area contributed by atoms with Crippen LogP contribution in [0.15, 0.2) is 18.2 Å². The van der Waals surface area contributed by atoms with Crippen LogP contribution in [0, 0.1) is 0 Å². The molecular formula is C14H16ClN3O2S2. The molecule has 2 aromatic rings. The maximum Gasteiger partial charge on any atom is 0.217 e. The molecule has 2 heterocycles. The number of hydrogen-bond donors (Lipinski definition) is 0. The standard InChI is InChI=1S/C14H16ClN3O2S2/c15-10-1-4-12-13(9-10)21-14(16-12)17-5-7-18(8-6-17)22(19,20)11-2-3-11/h1,4,9,11H,2-3,5-8H2. The largest absolute Gasteiger partial charge is 0.345 e. The van der Waals surface area contributed by atoms with Crippen molar-refractivity contribution < 1.29 is 8.42 Å². The summed E-state index contributed by atoms with van der Waals surface area (Å²) >= 11 is 7.62. The fraction of sp³-hybridized carbons (Fsp3) is 0.500. The van der Waals surface area contributed by atoms with Gasteiger partial charge < -0.3 is 4.90 Å². The molecule has 2 aliphatic rings. The number of benzene rings is 1. The molecule has 0 radical (unpaired) electrons. The van der Waals surface area contributed by atoms with Crippen LogP contribution in [0.4, 0.5) is 5.13 Å². The molecule has 0 N–H and O–H groups in total. The summed E-state index contributed by atoms with van der Waals surface area (Å²) in [5, 5.41) is 1.53. The first kappa shape index (κ1) is 14.7. The number of rotatable bonds is 3. The van der Waals surface area contributed by atoms with Crippen molar-refractivity contribution in [1.82, 2.24) is 9.29 Å². The SMILES string of the molecule is O=S(=O)(C1CC1)N1CCN(c2nc3ccc(Cl)cc3s2)CC1. The Morgan fingerprint density at radius 1 is 1.18 bits per heavy atom. The fourth-order valence-electron chi connectivity index (χ4n) is 2.73. The first-order valence-electron chi connectivity index (χ1n) is 7.34. The maximum atomic E-state index is 12.2. The molecule has 1 aliphatic carbocycles. The molecule has 118 valence electrons. The van der Waals surface area contributed by atoms with Crippen LogP contribution in [0.1, 0.15) is 12.8 Å². The molecule has 22 heavy (non-hydrogen) atoms. The minimum atomic E-state index is -3.05. The van der Waals surface area contributed by atoms with Gasteiger partial charge in [0, 0.05) is 31.2 Å². The predicted molar refractivity (Wildman–Crippen MR) is 90.4 cm³/mol. The summed E-state index contributed by atoms with van der Waals surface area (Å²) < 4.78 is 27.2. The Hall–Kier alpha value is -0.890. The van der Waals surface area contributed by atoms with Gasteiger partial charge >= 0.3 is 0 Å². The second-order valence-corrected chi connectivity index (χ2v) is 9.40. The third kappa shape index (κ3) is 2.60. The molecule has 5 nitrogen and oxygen atoms in total. The van der Waals surface area contributed by atoms with Crippen molar-refractivity contribution in [2.24, 2.45) is 0 Å². The van der Waals surface area contributed by atoms with E-state index < -0.39 is 10.0 Å². The Kier molecular flexibility index (Phi) is 3.56. The zero-order valence-corrected chi connectivity index (χ0v) is 14.3. The van der Waals surface area contributed by atoms with Gasteiger partial charge in [-0.1, -0.05) is 22.9 Å². The maximum absolute atomic E-state index is 12.2. The molecule has 1 saturated carbocycles. The number of anilines is 1. The number of fused-ring (bicyclic) bond motifs is 1. The van der Waals surface area contributed by atoms with Crippen LogP contribution in [-0.2, 0) is 10.0 Å². The van der Waals surface area contributed by atoms with Crippen LogP contribution in [0.25, 0.3) is 10.2 Å². The zero-order valence-electron chi connectivity index (χ0n) is 11.9. The summed E-state index contributed by atoms with van der Waals surface area (Å²) in [5.41, 5.74) is 0.942. The summed E-state index contributed by atoms with van der Waals surface area (Å²) in [4.78, 5) is 6.79. The molecule has 1 aliphatic heterocycles. The van der Waals surface area contributed by atoms with E-state index >= 15 is 0 Å². The summed E-state index contributed by atoms with van der Waals surface area (Å²) in [6.07, 6.45) is 1.64. The van der Waals surface area contributed by atoms with E-state index in [-0.39, 0.29) is 5.25 Å². The summed E-state index contributed by atoms with van der Waals surface area (Å²) in [6.45, 7) is 2.49. The zero-order chi connectivity index (χ0) is 15.3. The highest BCUT2D eigenvalue weighted by Crippen LogP contribution is 2.34. The number of halogens is 1. The molecule has 2 fully saturated rings. The highest BCUT2D eigenvalue weighted by atomic mass is 35.5. The molecule has 0 unspecified atom stereocenters. The minimum Gasteiger partial charge on any atom is -0.345 e. The predicted octanol–water partition coefficient (Wildman–Crippen LogP) is 2.56. The smallest absolute Gasteiger partial charge is 0.217 e. The lowest BCUT2D eigenvalue weighted by Crippen LogP contribution is -2.49. The van der Waals surface area contributed by atoms with Crippen molar-refractivity contribution in [3.63, 3.8) is 0 Å². The number of hydrogen-bond acceptors (Lipinski definition) is 5. The third-order valence-corrected chi connectivity index (χ3v) is 7.87. The number of aromatic nitrogens is 1. The van der Waals surface area contributed by atoms with Crippen molar-refractivity contribution in [1.29, 1.82) is 0 Å². The van der Waals surface area contributed by atoms with Gasteiger partial charge in [0.05, 0.1) is 15.5 Å². The van der Waals surface area contributed by atoms with Crippen LogP contribution in [0.3, 0.4) is 0 Å². The highest BCUT2D eigenvalue weighted by molar-refractivity contribution is 7.90. The molecule has 0 spiro atoms. The van der Waals surface area contributed by atoms with Gasteiger partial charge in [-0.25, -0.2) is 13.4 Å². The van der Waals surface area contributed by atoms with Crippen molar-refractivity contribution in [3.8, 4) is 0 Å². The first-order valence-corrected chi connectivity index (χ1v) is 10.0. The Morgan fingerprint density at radius 2 is 1.91 bits per heavy atom. The Balaban J connectivity index is 1.50. The van der Waals surface area contributed by atoms with Gasteiger partial charge in [0.2, 0.25) is 10.0 Å². The lowest BCUT2D eigenvalue weighted by Gasteiger charge is -2.33. The summed E-state index contributed by atoms with van der Waals surface area (Å²) in [5.74, 6) is 0. The number of piperazine rings is 1. The van der Waals surface area contributed by atoms with Crippen LogP contribution >= 0.6 is 22.9 Å². The van der Waals surface area contributed by atoms with Crippen molar-refractivity contribution in [3.05, 3.63) is 23.2 Å². The van der Waals surface area contributed by atoms with E-state index in [2.05, 4.69) is 9.88 Å². The average Bonchev–Trinajstić information content (AvgIpc) is 3.28. The number of nitrogens with zero attached hydrogens (tertiary/aromatic N) is 3. The van der Waals surface area contributed by atoms with Gasteiger partial charge in [-0.2, -0.15) is 4.31 Å². The summed E-state index contributed by atoms with van der Waals surface area (Å²) in [6, 6.07) is 5.69. The van der Waals surface area contributed by atoms with Crippen molar-refractivity contribution >= 4 is 48.3 Å². The van der Waals surface area contributed by atoms with Crippen molar-refractivity contribution in [2.75, 3.05) is 31.1 Å². The highest BCUT2D eigenvalue weighted by Gasteiger charge is 2.41. The van der Waals surface area contributed by atoms with E-state index in [1.807, 2.05) is 18.2 Å². The van der Waals surface area contributed by atoms with Crippen LogP contribution in [0.2, 0.25) is 5.02 Å². The number of thiazole rings is 1. The molecule has 1 saturated heterocycles. The second kappa shape index (κ2) is 5.33. The minimum absolute atomic E-state index is 0.122. The lowest BCUT2D eigenvalue weighted by atomic mass is 10.3. The van der Waals surface area contributed by atoms with E-state index in [1.165, 1.54) is 0 Å². The van der Waals surface area contributed by atoms with Gasteiger partial charge in [-0.3, -0.25) is 0 Å². The lowest BCUT2D eigenvalue weighted by molar-refractivity contribution is 0.384. The van der Waals surface area contributed by atoms with Gasteiger partial charge in [-0.05, 0) is 31.0 Å². The Bertz CT molecular complexity index is 809. The molecule has 4 rings (SSSR count). The van der Waals surface area contributed by atoms with Gasteiger partial charge in [0.25, 0.3) is 0 Å². The van der Waals surface area contributed by atoms with Gasteiger partial charge in [0.1, 0.15) is 0 Å². The van der Waals surface area contributed by atoms with Gasteiger partial charge in [0.15, 0.2) is 5.13 Å². The van der Waals surface area contributed by atoms with E-state index in [0.717, 1.165) is 28.2 Å². The van der Waals surface area contributed by atoms with Gasteiger partial charge in [-0.15, -0.1) is 0 Å². The Labute approximate surface area is 138 Å². The number of sulfonamides is 1. The monoisotopic (exact) mass is 357 g/mol. The fourth-order valence-corrected chi connectivity index (χ4v) is 5.85. The van der Waals surface area contributed by atoms with E-state index in [0.29, 0.717) is 31.2 Å². The van der Waals surface area contributed by atoms with E-state index in [4.69, 9.17) is 11.6 Å². The molecule has 1 aromatic heterocycles. The normalized spacial score (nSPS) is 20.7. The topological polar surface area (TPSA) is 53.5 Å². The van der Waals surface area contributed by atoms with Crippen LogP contribution in [0.5, 0.6) is 0 Å². The molecule has 1 aromatic carbocycles. The summed E-state index contributed by atoms with van der Waals surface area (Å²) in [7, 11) is -3.05. The third-order valence-electron chi connectivity index (χ3n) is 4.15. The molecule has 0 amide bonds. The molecular weight excluding hydrogens is 342 g/mol. The van der Waals surface area contributed by atoms with Crippen LogP contribution < -0.4 is 4.90 Å².